The van der Waals surface area contributed by atoms with Crippen LogP contribution < -0.4 is 4.74 Å². The SMILES string of the molecule is COc1ccc(CCN2CCC(CN(C)C(=O)c3ccsc3)CC2)cc1. The van der Waals surface area contributed by atoms with Crippen LogP contribution in [0.3, 0.4) is 0 Å². The van der Waals surface area contributed by atoms with Crippen LogP contribution in [0.4, 0.5) is 0 Å². The highest BCUT2D eigenvalue weighted by molar-refractivity contribution is 7.08. The molecule has 3 rings (SSSR count). The topological polar surface area (TPSA) is 32.8 Å². The monoisotopic (exact) mass is 372 g/mol. The number of carbonyl (C=O) groups excluding carboxylic acids is 1. The molecule has 1 saturated heterocycles. The molecular weight excluding hydrogens is 344 g/mol. The minimum Gasteiger partial charge on any atom is -0.497 e. The van der Waals surface area contributed by atoms with Crippen molar-refractivity contribution in [1.29, 1.82) is 0 Å². The highest BCUT2D eigenvalue weighted by Crippen LogP contribution is 2.20. The van der Waals surface area contributed by atoms with Crippen LogP contribution >= 0.6 is 11.3 Å². The lowest BCUT2D eigenvalue weighted by Crippen LogP contribution is -2.40. The third-order valence-electron chi connectivity index (χ3n) is 5.23. The van der Waals surface area contributed by atoms with Gasteiger partial charge in [-0.1, -0.05) is 12.1 Å². The third-order valence-corrected chi connectivity index (χ3v) is 5.91. The van der Waals surface area contributed by atoms with E-state index in [1.54, 1.807) is 18.4 Å². The number of nitrogens with zero attached hydrogens (tertiary/aromatic N) is 2. The van der Waals surface area contributed by atoms with E-state index in [0.717, 1.165) is 43.9 Å². The normalized spacial score (nSPS) is 15.8. The number of methoxy groups -OCH3 is 1. The van der Waals surface area contributed by atoms with Crippen LogP contribution in [-0.4, -0.2) is 56.0 Å². The van der Waals surface area contributed by atoms with Crippen LogP contribution in [0.25, 0.3) is 0 Å². The zero-order valence-corrected chi connectivity index (χ0v) is 16.5. The van der Waals surface area contributed by atoms with E-state index in [1.165, 1.54) is 18.4 Å². The van der Waals surface area contributed by atoms with Gasteiger partial charge in [-0.25, -0.2) is 0 Å². The van der Waals surface area contributed by atoms with E-state index in [1.807, 2.05) is 40.9 Å². The molecule has 1 aromatic heterocycles. The number of thiophene rings is 1. The smallest absolute Gasteiger partial charge is 0.254 e. The summed E-state index contributed by atoms with van der Waals surface area (Å²) in [5.41, 5.74) is 2.17. The van der Waals surface area contributed by atoms with E-state index in [4.69, 9.17) is 4.74 Å². The molecule has 2 heterocycles. The molecule has 0 N–H and O–H groups in total. The molecule has 2 aromatic rings. The number of amides is 1. The summed E-state index contributed by atoms with van der Waals surface area (Å²) in [6.45, 7) is 4.21. The van der Waals surface area contributed by atoms with Gasteiger partial charge in [0.05, 0.1) is 12.7 Å². The lowest BCUT2D eigenvalue weighted by atomic mass is 9.96. The molecule has 0 bridgehead atoms. The Labute approximate surface area is 160 Å². The predicted molar refractivity (Wildman–Crippen MR) is 107 cm³/mol. The van der Waals surface area contributed by atoms with Crippen molar-refractivity contribution in [2.75, 3.05) is 40.3 Å². The zero-order chi connectivity index (χ0) is 18.4. The number of ether oxygens (including phenoxy) is 1. The first kappa shape index (κ1) is 18.9. The average Bonchev–Trinajstić information content (AvgIpc) is 3.22. The van der Waals surface area contributed by atoms with Gasteiger partial charge in [-0.2, -0.15) is 11.3 Å². The van der Waals surface area contributed by atoms with Gasteiger partial charge in [0.1, 0.15) is 5.75 Å². The minimum absolute atomic E-state index is 0.146. The Balaban J connectivity index is 1.39. The standard InChI is InChI=1S/C21H28N2O2S/c1-22(21(24)19-10-14-26-16-19)15-18-8-12-23(13-9-18)11-7-17-3-5-20(25-2)6-4-17/h3-6,10,14,16,18H,7-9,11-13,15H2,1-2H3. The second-order valence-corrected chi connectivity index (χ2v) is 7.86. The molecule has 5 heteroatoms. The molecule has 0 unspecified atom stereocenters. The van der Waals surface area contributed by atoms with Gasteiger partial charge >= 0.3 is 0 Å². The van der Waals surface area contributed by atoms with Crippen LogP contribution in [0.15, 0.2) is 41.1 Å². The second kappa shape index (κ2) is 9.19. The van der Waals surface area contributed by atoms with Crippen molar-refractivity contribution in [3.63, 3.8) is 0 Å². The van der Waals surface area contributed by atoms with Crippen LogP contribution in [-0.2, 0) is 6.42 Å². The van der Waals surface area contributed by atoms with Gasteiger partial charge in [-0.15, -0.1) is 0 Å². The summed E-state index contributed by atoms with van der Waals surface area (Å²) in [6.07, 6.45) is 3.42. The number of hydrogen-bond donors (Lipinski definition) is 0. The maximum Gasteiger partial charge on any atom is 0.254 e. The molecule has 0 atom stereocenters. The molecule has 1 aliphatic rings. The largest absolute Gasteiger partial charge is 0.497 e. The Morgan fingerprint density at radius 3 is 2.58 bits per heavy atom. The average molecular weight is 373 g/mol. The first-order chi connectivity index (χ1) is 12.7. The van der Waals surface area contributed by atoms with Crippen molar-refractivity contribution in [2.24, 2.45) is 5.92 Å². The van der Waals surface area contributed by atoms with E-state index < -0.39 is 0 Å². The zero-order valence-electron chi connectivity index (χ0n) is 15.7. The summed E-state index contributed by atoms with van der Waals surface area (Å²) in [6, 6.07) is 10.3. The molecule has 1 aliphatic heterocycles. The molecule has 140 valence electrons. The summed E-state index contributed by atoms with van der Waals surface area (Å²) >= 11 is 1.58. The molecule has 0 aliphatic carbocycles. The molecule has 4 nitrogen and oxygen atoms in total. The van der Waals surface area contributed by atoms with Crippen LogP contribution in [0.1, 0.15) is 28.8 Å². The van der Waals surface area contributed by atoms with Crippen molar-refractivity contribution < 1.29 is 9.53 Å². The Morgan fingerprint density at radius 1 is 1.23 bits per heavy atom. The number of rotatable bonds is 7. The van der Waals surface area contributed by atoms with E-state index in [9.17, 15) is 4.79 Å². The lowest BCUT2D eigenvalue weighted by molar-refractivity contribution is 0.0741. The summed E-state index contributed by atoms with van der Waals surface area (Å²) in [7, 11) is 3.63. The number of carbonyl (C=O) groups is 1. The highest BCUT2D eigenvalue weighted by atomic mass is 32.1. The fourth-order valence-corrected chi connectivity index (χ4v) is 4.18. The molecule has 0 saturated carbocycles. The highest BCUT2D eigenvalue weighted by Gasteiger charge is 2.22. The third kappa shape index (κ3) is 5.08. The molecular formula is C21H28N2O2S. The molecule has 1 aromatic carbocycles. The second-order valence-electron chi connectivity index (χ2n) is 7.08. The number of piperidine rings is 1. The number of benzene rings is 1. The fourth-order valence-electron chi connectivity index (χ4n) is 3.55. The lowest BCUT2D eigenvalue weighted by Gasteiger charge is -2.33. The molecule has 1 fully saturated rings. The Morgan fingerprint density at radius 2 is 1.96 bits per heavy atom. The number of likely N-dealkylation sites (tertiary alicyclic amines) is 1. The van der Waals surface area contributed by atoms with Gasteiger partial charge in [0.15, 0.2) is 0 Å². The van der Waals surface area contributed by atoms with Crippen molar-refractivity contribution in [3.8, 4) is 5.75 Å². The Kier molecular flexibility index (Phi) is 6.69. The quantitative estimate of drug-likeness (QED) is 0.741. The number of hydrogen-bond acceptors (Lipinski definition) is 4. The maximum atomic E-state index is 12.4. The maximum absolute atomic E-state index is 12.4. The van der Waals surface area contributed by atoms with Gasteiger partial charge in [0.25, 0.3) is 5.91 Å². The molecule has 0 radical (unpaired) electrons. The van der Waals surface area contributed by atoms with Gasteiger partial charge in [0.2, 0.25) is 0 Å². The van der Waals surface area contributed by atoms with E-state index in [0.29, 0.717) is 5.92 Å². The summed E-state index contributed by atoms with van der Waals surface area (Å²) in [5.74, 6) is 1.67. The Hall–Kier alpha value is -1.85. The molecule has 0 spiro atoms. The Bertz CT molecular complexity index is 677. The van der Waals surface area contributed by atoms with Gasteiger partial charge in [-0.3, -0.25) is 4.79 Å². The minimum atomic E-state index is 0.146. The van der Waals surface area contributed by atoms with Gasteiger partial charge in [-0.05, 0) is 67.4 Å². The van der Waals surface area contributed by atoms with Gasteiger partial charge < -0.3 is 14.5 Å². The summed E-state index contributed by atoms with van der Waals surface area (Å²) in [5, 5.41) is 3.89. The molecule has 1 amide bonds. The van der Waals surface area contributed by atoms with Crippen molar-refractivity contribution in [3.05, 3.63) is 52.2 Å². The summed E-state index contributed by atoms with van der Waals surface area (Å²) in [4.78, 5) is 16.8. The summed E-state index contributed by atoms with van der Waals surface area (Å²) < 4.78 is 5.21. The molecule has 26 heavy (non-hydrogen) atoms. The van der Waals surface area contributed by atoms with Crippen LogP contribution in [0.2, 0.25) is 0 Å². The van der Waals surface area contributed by atoms with Crippen molar-refractivity contribution in [1.82, 2.24) is 9.80 Å². The van der Waals surface area contributed by atoms with Gasteiger partial charge in [0, 0.05) is 25.5 Å². The first-order valence-corrected chi connectivity index (χ1v) is 10.2. The first-order valence-electron chi connectivity index (χ1n) is 9.28. The van der Waals surface area contributed by atoms with Crippen molar-refractivity contribution in [2.45, 2.75) is 19.3 Å². The van der Waals surface area contributed by atoms with Crippen molar-refractivity contribution >= 4 is 17.2 Å². The van der Waals surface area contributed by atoms with E-state index in [-0.39, 0.29) is 5.91 Å². The van der Waals surface area contributed by atoms with E-state index >= 15 is 0 Å². The van der Waals surface area contributed by atoms with Crippen LogP contribution in [0.5, 0.6) is 5.75 Å². The fraction of sp³-hybridized carbons (Fsp3) is 0.476. The van der Waals surface area contributed by atoms with Crippen LogP contribution in [0, 0.1) is 5.92 Å². The van der Waals surface area contributed by atoms with E-state index in [2.05, 4.69) is 17.0 Å². The predicted octanol–water partition coefficient (Wildman–Crippen LogP) is 3.78.